The standard InChI is InChI=1S/C22H29N3O2/c1-3-17(2)24-21-19(12-9-14-23-21)20-13-7-8-15-25(20)22(26)27-16-18-10-5-4-6-11-18/h4-6,9-12,14,17,20H,3,7-8,13,15-16H2,1-2H3,(H,23,24). The minimum atomic E-state index is -0.248. The molecule has 0 bridgehead atoms. The summed E-state index contributed by atoms with van der Waals surface area (Å²) in [6.45, 7) is 5.31. The smallest absolute Gasteiger partial charge is 0.410 e. The van der Waals surface area contributed by atoms with Gasteiger partial charge in [0.2, 0.25) is 0 Å². The second-order valence-corrected chi connectivity index (χ2v) is 7.14. The first kappa shape index (κ1) is 19.2. The van der Waals surface area contributed by atoms with Crippen molar-refractivity contribution in [2.24, 2.45) is 0 Å². The molecule has 1 saturated heterocycles. The molecule has 5 heteroatoms. The number of ether oxygens (including phenoxy) is 1. The maximum atomic E-state index is 12.8. The van der Waals surface area contributed by atoms with Gasteiger partial charge in [-0.1, -0.05) is 43.3 Å². The Bertz CT molecular complexity index is 735. The van der Waals surface area contributed by atoms with E-state index in [1.165, 1.54) is 0 Å². The van der Waals surface area contributed by atoms with Crippen molar-refractivity contribution in [3.05, 3.63) is 59.8 Å². The number of likely N-dealkylation sites (tertiary alicyclic amines) is 1. The highest BCUT2D eigenvalue weighted by Crippen LogP contribution is 2.35. The molecule has 1 aromatic carbocycles. The number of rotatable bonds is 6. The van der Waals surface area contributed by atoms with Gasteiger partial charge in [-0.2, -0.15) is 0 Å². The molecule has 0 aliphatic carbocycles. The highest BCUT2D eigenvalue weighted by molar-refractivity contribution is 5.69. The molecule has 5 nitrogen and oxygen atoms in total. The summed E-state index contributed by atoms with van der Waals surface area (Å²) in [6, 6.07) is 14.2. The number of carbonyl (C=O) groups excluding carboxylic acids is 1. The predicted molar refractivity (Wildman–Crippen MR) is 108 cm³/mol. The Hall–Kier alpha value is -2.56. The number of benzene rings is 1. The molecule has 1 amide bonds. The summed E-state index contributed by atoms with van der Waals surface area (Å²) in [5.74, 6) is 0.875. The summed E-state index contributed by atoms with van der Waals surface area (Å²) in [5, 5.41) is 3.48. The van der Waals surface area contributed by atoms with E-state index in [1.807, 2.05) is 41.3 Å². The zero-order chi connectivity index (χ0) is 19.1. The monoisotopic (exact) mass is 367 g/mol. The summed E-state index contributed by atoms with van der Waals surface area (Å²) in [4.78, 5) is 19.2. The third-order valence-corrected chi connectivity index (χ3v) is 5.14. The van der Waals surface area contributed by atoms with E-state index in [9.17, 15) is 4.79 Å². The van der Waals surface area contributed by atoms with Crippen LogP contribution in [0.15, 0.2) is 48.7 Å². The van der Waals surface area contributed by atoms with Crippen molar-refractivity contribution < 1.29 is 9.53 Å². The first-order valence-corrected chi connectivity index (χ1v) is 9.87. The lowest BCUT2D eigenvalue weighted by molar-refractivity contribution is 0.0680. The van der Waals surface area contributed by atoms with E-state index in [4.69, 9.17) is 4.74 Å². The zero-order valence-electron chi connectivity index (χ0n) is 16.2. The average molecular weight is 367 g/mol. The van der Waals surface area contributed by atoms with Crippen LogP contribution in [0.25, 0.3) is 0 Å². The maximum absolute atomic E-state index is 12.8. The molecule has 2 aromatic rings. The second kappa shape index (κ2) is 9.40. The van der Waals surface area contributed by atoms with Crippen LogP contribution in [0.5, 0.6) is 0 Å². The average Bonchev–Trinajstić information content (AvgIpc) is 2.73. The van der Waals surface area contributed by atoms with Gasteiger partial charge in [-0.15, -0.1) is 0 Å². The highest BCUT2D eigenvalue weighted by atomic mass is 16.6. The molecule has 2 unspecified atom stereocenters. The number of piperidine rings is 1. The number of amides is 1. The molecule has 1 fully saturated rings. The molecule has 2 heterocycles. The molecule has 1 N–H and O–H groups in total. The number of anilines is 1. The van der Waals surface area contributed by atoms with Crippen LogP contribution in [0.3, 0.4) is 0 Å². The molecule has 0 saturated carbocycles. The maximum Gasteiger partial charge on any atom is 0.410 e. The molecule has 1 aromatic heterocycles. The molecule has 2 atom stereocenters. The fourth-order valence-corrected chi connectivity index (χ4v) is 3.42. The summed E-state index contributed by atoms with van der Waals surface area (Å²) in [6.07, 6.45) is 5.61. The van der Waals surface area contributed by atoms with Gasteiger partial charge in [-0.25, -0.2) is 9.78 Å². The van der Waals surface area contributed by atoms with Crippen molar-refractivity contribution in [2.75, 3.05) is 11.9 Å². The minimum absolute atomic E-state index is 0.00211. The summed E-state index contributed by atoms with van der Waals surface area (Å²) < 4.78 is 5.61. The Labute approximate surface area is 161 Å². The van der Waals surface area contributed by atoms with Gasteiger partial charge in [-0.3, -0.25) is 0 Å². The second-order valence-electron chi connectivity index (χ2n) is 7.14. The summed E-state index contributed by atoms with van der Waals surface area (Å²) >= 11 is 0. The molecular formula is C22H29N3O2. The number of hydrogen-bond donors (Lipinski definition) is 1. The van der Waals surface area contributed by atoms with E-state index in [1.54, 1.807) is 6.20 Å². The van der Waals surface area contributed by atoms with E-state index in [-0.39, 0.29) is 12.1 Å². The Morgan fingerprint density at radius 1 is 1.26 bits per heavy atom. The Kier molecular flexibility index (Phi) is 6.69. The van der Waals surface area contributed by atoms with Gasteiger partial charge >= 0.3 is 6.09 Å². The molecule has 1 aliphatic heterocycles. The molecular weight excluding hydrogens is 338 g/mol. The number of carbonyl (C=O) groups is 1. The SMILES string of the molecule is CCC(C)Nc1ncccc1C1CCCCN1C(=O)OCc1ccccc1. The van der Waals surface area contributed by atoms with E-state index < -0.39 is 0 Å². The van der Waals surface area contributed by atoms with E-state index >= 15 is 0 Å². The lowest BCUT2D eigenvalue weighted by atomic mass is 9.96. The van der Waals surface area contributed by atoms with Crippen LogP contribution >= 0.6 is 0 Å². The van der Waals surface area contributed by atoms with Gasteiger partial charge in [0.15, 0.2) is 0 Å². The van der Waals surface area contributed by atoms with Crippen LogP contribution in [0.1, 0.15) is 56.7 Å². The van der Waals surface area contributed by atoms with Gasteiger partial charge in [0.25, 0.3) is 0 Å². The first-order valence-electron chi connectivity index (χ1n) is 9.87. The minimum Gasteiger partial charge on any atom is -0.445 e. The number of aromatic nitrogens is 1. The third-order valence-electron chi connectivity index (χ3n) is 5.14. The van der Waals surface area contributed by atoms with Crippen molar-refractivity contribution in [3.8, 4) is 0 Å². The lowest BCUT2D eigenvalue weighted by Crippen LogP contribution is -2.39. The number of nitrogens with zero attached hydrogens (tertiary/aromatic N) is 2. The fourth-order valence-electron chi connectivity index (χ4n) is 3.42. The summed E-state index contributed by atoms with van der Waals surface area (Å²) in [7, 11) is 0. The van der Waals surface area contributed by atoms with Gasteiger partial charge in [-0.05, 0) is 44.2 Å². The Morgan fingerprint density at radius 3 is 2.85 bits per heavy atom. The number of nitrogens with one attached hydrogen (secondary N) is 1. The van der Waals surface area contributed by atoms with Crippen molar-refractivity contribution in [2.45, 2.75) is 58.2 Å². The quantitative estimate of drug-likeness (QED) is 0.766. The van der Waals surface area contributed by atoms with Crippen LogP contribution in [0.4, 0.5) is 10.6 Å². The van der Waals surface area contributed by atoms with Crippen LogP contribution in [-0.4, -0.2) is 28.6 Å². The van der Waals surface area contributed by atoms with Crippen molar-refractivity contribution >= 4 is 11.9 Å². The Balaban J connectivity index is 1.74. The predicted octanol–water partition coefficient (Wildman–Crippen LogP) is 5.16. The fraction of sp³-hybridized carbons (Fsp3) is 0.455. The van der Waals surface area contributed by atoms with Gasteiger partial charge < -0.3 is 15.0 Å². The van der Waals surface area contributed by atoms with Crippen LogP contribution < -0.4 is 5.32 Å². The number of hydrogen-bond acceptors (Lipinski definition) is 4. The number of pyridine rings is 1. The van der Waals surface area contributed by atoms with E-state index in [0.29, 0.717) is 12.6 Å². The third kappa shape index (κ3) is 5.00. The van der Waals surface area contributed by atoms with Gasteiger partial charge in [0.1, 0.15) is 12.4 Å². The molecule has 144 valence electrons. The Morgan fingerprint density at radius 2 is 2.07 bits per heavy atom. The summed E-state index contributed by atoms with van der Waals surface area (Å²) in [5.41, 5.74) is 2.08. The van der Waals surface area contributed by atoms with Gasteiger partial charge in [0.05, 0.1) is 6.04 Å². The lowest BCUT2D eigenvalue weighted by Gasteiger charge is -2.36. The molecule has 1 aliphatic rings. The normalized spacial score (nSPS) is 18.0. The molecule has 0 radical (unpaired) electrons. The van der Waals surface area contributed by atoms with Crippen molar-refractivity contribution in [1.29, 1.82) is 0 Å². The largest absolute Gasteiger partial charge is 0.445 e. The van der Waals surface area contributed by atoms with Crippen molar-refractivity contribution in [1.82, 2.24) is 9.88 Å². The van der Waals surface area contributed by atoms with Gasteiger partial charge in [0, 0.05) is 24.3 Å². The van der Waals surface area contributed by atoms with Crippen LogP contribution in [0.2, 0.25) is 0 Å². The highest BCUT2D eigenvalue weighted by Gasteiger charge is 2.31. The first-order chi connectivity index (χ1) is 13.2. The topological polar surface area (TPSA) is 54.5 Å². The van der Waals surface area contributed by atoms with Crippen molar-refractivity contribution in [3.63, 3.8) is 0 Å². The van der Waals surface area contributed by atoms with E-state index in [0.717, 1.165) is 49.2 Å². The molecule has 0 spiro atoms. The zero-order valence-corrected chi connectivity index (χ0v) is 16.2. The van der Waals surface area contributed by atoms with E-state index in [2.05, 4.69) is 30.2 Å². The molecule has 27 heavy (non-hydrogen) atoms. The van der Waals surface area contributed by atoms with Crippen LogP contribution in [0, 0.1) is 0 Å². The van der Waals surface area contributed by atoms with Crippen LogP contribution in [-0.2, 0) is 11.3 Å². The molecule has 3 rings (SSSR count).